The lowest BCUT2D eigenvalue weighted by atomic mass is 10.00. The molecule has 8 heteroatoms. The first-order chi connectivity index (χ1) is 14.6. The molecule has 1 unspecified atom stereocenters. The lowest BCUT2D eigenvalue weighted by Gasteiger charge is -2.36. The summed E-state index contributed by atoms with van der Waals surface area (Å²) in [6.45, 7) is 0.993. The van der Waals surface area contributed by atoms with E-state index in [1.807, 2.05) is 48.5 Å². The van der Waals surface area contributed by atoms with Crippen LogP contribution in [-0.4, -0.2) is 20.8 Å². The van der Waals surface area contributed by atoms with Crippen molar-refractivity contribution in [3.63, 3.8) is 0 Å². The first-order valence-corrected chi connectivity index (χ1v) is 10.5. The van der Waals surface area contributed by atoms with Crippen LogP contribution < -0.4 is 5.73 Å². The predicted molar refractivity (Wildman–Crippen MR) is 115 cm³/mol. The van der Waals surface area contributed by atoms with Crippen LogP contribution in [0, 0.1) is 0 Å². The SMILES string of the molecule is NCc1ccc(C2O[C@H](Cn3cnc(Cl)c3Cl)C[C@H](c3ccc(CO)cc3)O2)cc1. The summed E-state index contributed by atoms with van der Waals surface area (Å²) in [5, 5.41) is 9.97. The van der Waals surface area contributed by atoms with Crippen LogP contribution in [0.2, 0.25) is 10.3 Å². The molecule has 2 aromatic carbocycles. The smallest absolute Gasteiger partial charge is 0.184 e. The van der Waals surface area contributed by atoms with Crippen LogP contribution in [0.4, 0.5) is 0 Å². The van der Waals surface area contributed by atoms with Crippen LogP contribution in [0.15, 0.2) is 54.9 Å². The average molecular weight is 448 g/mol. The Morgan fingerprint density at radius 3 is 2.27 bits per heavy atom. The quantitative estimate of drug-likeness (QED) is 0.585. The molecule has 30 heavy (non-hydrogen) atoms. The molecule has 0 aliphatic carbocycles. The number of aliphatic hydroxyl groups excluding tert-OH is 1. The van der Waals surface area contributed by atoms with Crippen molar-refractivity contribution in [2.75, 3.05) is 0 Å². The summed E-state index contributed by atoms with van der Waals surface area (Å²) in [6.07, 6.45) is 1.38. The maximum Gasteiger partial charge on any atom is 0.184 e. The summed E-state index contributed by atoms with van der Waals surface area (Å²) in [4.78, 5) is 4.05. The predicted octanol–water partition coefficient (Wildman–Crippen LogP) is 4.39. The van der Waals surface area contributed by atoms with Gasteiger partial charge in [-0.05, 0) is 16.7 Å². The molecule has 0 bridgehead atoms. The van der Waals surface area contributed by atoms with Gasteiger partial charge in [0.05, 0.1) is 31.7 Å². The van der Waals surface area contributed by atoms with E-state index in [2.05, 4.69) is 4.98 Å². The number of rotatable bonds is 6. The van der Waals surface area contributed by atoms with E-state index in [0.29, 0.717) is 24.7 Å². The van der Waals surface area contributed by atoms with Gasteiger partial charge in [0.15, 0.2) is 11.4 Å². The summed E-state index contributed by atoms with van der Waals surface area (Å²) < 4.78 is 14.4. The van der Waals surface area contributed by atoms with Gasteiger partial charge in [-0.2, -0.15) is 0 Å². The minimum absolute atomic E-state index is 0.00748. The Balaban J connectivity index is 1.59. The van der Waals surface area contributed by atoms with Crippen molar-refractivity contribution >= 4 is 23.2 Å². The van der Waals surface area contributed by atoms with Gasteiger partial charge in [0.25, 0.3) is 0 Å². The third-order valence-corrected chi connectivity index (χ3v) is 6.01. The number of nitrogens with two attached hydrogens (primary N) is 1. The maximum absolute atomic E-state index is 9.31. The molecule has 6 nitrogen and oxygen atoms in total. The lowest BCUT2D eigenvalue weighted by Crippen LogP contribution is -2.32. The lowest BCUT2D eigenvalue weighted by molar-refractivity contribution is -0.252. The molecule has 1 saturated heterocycles. The molecule has 1 aromatic heterocycles. The van der Waals surface area contributed by atoms with Crippen LogP contribution in [-0.2, 0) is 29.2 Å². The van der Waals surface area contributed by atoms with E-state index in [4.69, 9.17) is 38.4 Å². The molecule has 0 spiro atoms. The number of imidazole rings is 1. The minimum atomic E-state index is -0.532. The van der Waals surface area contributed by atoms with E-state index in [-0.39, 0.29) is 24.0 Å². The second kappa shape index (κ2) is 9.47. The Morgan fingerprint density at radius 2 is 1.67 bits per heavy atom. The molecule has 0 saturated carbocycles. The van der Waals surface area contributed by atoms with Gasteiger partial charge in [-0.1, -0.05) is 71.7 Å². The van der Waals surface area contributed by atoms with Crippen molar-refractivity contribution in [2.45, 2.75) is 44.6 Å². The van der Waals surface area contributed by atoms with Crippen molar-refractivity contribution in [1.82, 2.24) is 9.55 Å². The molecule has 4 rings (SSSR count). The number of halogens is 2. The Morgan fingerprint density at radius 1 is 1.00 bits per heavy atom. The highest BCUT2D eigenvalue weighted by molar-refractivity contribution is 6.40. The first-order valence-electron chi connectivity index (χ1n) is 9.73. The number of aromatic nitrogens is 2. The molecule has 3 aromatic rings. The number of aliphatic hydroxyl groups is 1. The van der Waals surface area contributed by atoms with E-state index >= 15 is 0 Å². The third kappa shape index (κ3) is 4.70. The zero-order valence-electron chi connectivity index (χ0n) is 16.2. The van der Waals surface area contributed by atoms with Gasteiger partial charge in [0.1, 0.15) is 5.15 Å². The summed E-state index contributed by atoms with van der Waals surface area (Å²) in [5.41, 5.74) is 9.56. The molecular weight excluding hydrogens is 425 g/mol. The van der Waals surface area contributed by atoms with Crippen LogP contribution in [0.1, 0.15) is 41.1 Å². The molecule has 1 fully saturated rings. The summed E-state index contributed by atoms with van der Waals surface area (Å²) in [7, 11) is 0. The van der Waals surface area contributed by atoms with Gasteiger partial charge in [0, 0.05) is 18.5 Å². The van der Waals surface area contributed by atoms with Gasteiger partial charge >= 0.3 is 0 Å². The van der Waals surface area contributed by atoms with Crippen LogP contribution in [0.5, 0.6) is 0 Å². The van der Waals surface area contributed by atoms with Crippen molar-refractivity contribution in [1.29, 1.82) is 0 Å². The zero-order chi connectivity index (χ0) is 21.1. The van der Waals surface area contributed by atoms with Crippen LogP contribution in [0.25, 0.3) is 0 Å². The van der Waals surface area contributed by atoms with Crippen molar-refractivity contribution in [2.24, 2.45) is 5.73 Å². The number of nitrogens with zero attached hydrogens (tertiary/aromatic N) is 2. The van der Waals surface area contributed by atoms with Gasteiger partial charge in [-0.15, -0.1) is 0 Å². The monoisotopic (exact) mass is 447 g/mol. The Labute approximate surface area is 185 Å². The van der Waals surface area contributed by atoms with E-state index < -0.39 is 6.29 Å². The second-order valence-corrected chi connectivity index (χ2v) is 7.99. The van der Waals surface area contributed by atoms with Crippen LogP contribution >= 0.6 is 23.2 Å². The third-order valence-electron chi connectivity index (χ3n) is 5.24. The molecular formula is C22H23Cl2N3O3. The Hall–Kier alpha value is -1.93. The topological polar surface area (TPSA) is 82.5 Å². The fraction of sp³-hybridized carbons (Fsp3) is 0.318. The number of hydrogen-bond acceptors (Lipinski definition) is 5. The maximum atomic E-state index is 9.31. The normalized spacial score (nSPS) is 21.7. The first kappa shape index (κ1) is 21.3. The van der Waals surface area contributed by atoms with E-state index in [9.17, 15) is 5.11 Å². The number of ether oxygens (including phenoxy) is 2. The highest BCUT2D eigenvalue weighted by Gasteiger charge is 2.32. The van der Waals surface area contributed by atoms with Gasteiger partial charge in [0.2, 0.25) is 0 Å². The molecule has 158 valence electrons. The number of hydrogen-bond donors (Lipinski definition) is 2. The minimum Gasteiger partial charge on any atom is -0.392 e. The summed E-state index contributed by atoms with van der Waals surface area (Å²) in [5.74, 6) is 0. The largest absolute Gasteiger partial charge is 0.392 e. The van der Waals surface area contributed by atoms with E-state index in [1.165, 1.54) is 0 Å². The second-order valence-electron chi connectivity index (χ2n) is 7.27. The Kier molecular flexibility index (Phi) is 6.73. The average Bonchev–Trinajstić information content (AvgIpc) is 3.11. The molecule has 0 radical (unpaired) electrons. The van der Waals surface area contributed by atoms with E-state index in [0.717, 1.165) is 22.3 Å². The molecule has 1 aliphatic rings. The van der Waals surface area contributed by atoms with Crippen LogP contribution in [0.3, 0.4) is 0 Å². The fourth-order valence-electron chi connectivity index (χ4n) is 3.53. The fourth-order valence-corrected chi connectivity index (χ4v) is 3.85. The molecule has 3 N–H and O–H groups in total. The molecule has 3 atom stereocenters. The van der Waals surface area contributed by atoms with Crippen molar-refractivity contribution < 1.29 is 14.6 Å². The van der Waals surface area contributed by atoms with Gasteiger partial charge < -0.3 is 24.9 Å². The summed E-state index contributed by atoms with van der Waals surface area (Å²) in [6, 6.07) is 15.7. The van der Waals surface area contributed by atoms with Crippen molar-refractivity contribution in [3.8, 4) is 0 Å². The molecule has 2 heterocycles. The molecule has 0 amide bonds. The Bertz CT molecular complexity index is 921. The number of benzene rings is 2. The summed E-state index contributed by atoms with van der Waals surface area (Å²) >= 11 is 12.2. The van der Waals surface area contributed by atoms with Gasteiger partial charge in [-0.3, -0.25) is 0 Å². The zero-order valence-corrected chi connectivity index (χ0v) is 17.8. The van der Waals surface area contributed by atoms with Gasteiger partial charge in [-0.25, -0.2) is 4.98 Å². The van der Waals surface area contributed by atoms with E-state index in [1.54, 1.807) is 10.9 Å². The standard InChI is InChI=1S/C22H23Cl2N3O3/c23-20-21(24)27(13-26-20)11-18-9-19(16-5-3-15(12-28)4-6-16)30-22(29-18)17-7-1-14(10-25)2-8-17/h1-8,13,18-19,22,28H,9-12,25H2/t18-,19+,22?/m0/s1. The highest BCUT2D eigenvalue weighted by Crippen LogP contribution is 2.38. The molecule has 1 aliphatic heterocycles. The highest BCUT2D eigenvalue weighted by atomic mass is 35.5. The van der Waals surface area contributed by atoms with Crippen molar-refractivity contribution in [3.05, 3.63) is 87.4 Å².